The third kappa shape index (κ3) is 4.63. The maximum atomic E-state index is 12.5. The third-order valence-corrected chi connectivity index (χ3v) is 10.3. The zero-order valence-corrected chi connectivity index (χ0v) is 29.3. The molecule has 9 heteroatoms. The van der Waals surface area contributed by atoms with Crippen molar-refractivity contribution >= 4 is 44.1 Å². The van der Waals surface area contributed by atoms with Crippen LogP contribution in [0.4, 0.5) is 5.69 Å². The van der Waals surface area contributed by atoms with Gasteiger partial charge in [-0.1, -0.05) is 36.4 Å². The minimum absolute atomic E-state index is 0.0735. The zero-order chi connectivity index (χ0) is 37.0. The lowest BCUT2D eigenvalue weighted by atomic mass is 9.68. The van der Waals surface area contributed by atoms with Crippen LogP contribution in [-0.2, 0) is 0 Å². The molecular weight excluding hydrogens is 652 g/mol. The van der Waals surface area contributed by atoms with Gasteiger partial charge in [0.2, 0.25) is 5.71 Å². The Kier molecular flexibility index (Phi) is 8.36. The van der Waals surface area contributed by atoms with Crippen molar-refractivity contribution in [1.29, 1.82) is 5.26 Å². The first-order chi connectivity index (χ1) is 25.2. The maximum Gasteiger partial charge on any atom is 0.270 e. The predicted molar refractivity (Wildman–Crippen MR) is 204 cm³/mol. The minimum atomic E-state index is -0.345. The van der Waals surface area contributed by atoms with Crippen LogP contribution in [0, 0.1) is 17.9 Å². The van der Waals surface area contributed by atoms with E-state index in [-0.39, 0.29) is 62.3 Å². The lowest BCUT2D eigenvalue weighted by Crippen LogP contribution is -2.29. The summed E-state index contributed by atoms with van der Waals surface area (Å²) in [6.45, 7) is 18.7. The van der Waals surface area contributed by atoms with Gasteiger partial charge in [-0.3, -0.25) is 0 Å². The van der Waals surface area contributed by atoms with Gasteiger partial charge in [-0.25, -0.2) is 14.7 Å². The van der Waals surface area contributed by atoms with Gasteiger partial charge in [0.25, 0.3) is 5.70 Å². The number of aromatic hydroxyl groups is 4. The van der Waals surface area contributed by atoms with E-state index in [2.05, 4.69) is 14.3 Å². The maximum absolute atomic E-state index is 12.5. The molecule has 9 nitrogen and oxygen atoms in total. The first kappa shape index (κ1) is 33.8. The first-order valence-corrected chi connectivity index (χ1v) is 17.3. The largest absolute Gasteiger partial charge is 0.507 e. The molecule has 0 saturated carbocycles. The van der Waals surface area contributed by atoms with Crippen LogP contribution in [0.3, 0.4) is 0 Å². The highest BCUT2D eigenvalue weighted by atomic mass is 16.3. The highest BCUT2D eigenvalue weighted by Crippen LogP contribution is 2.59. The molecule has 5 N–H and O–H groups in total. The van der Waals surface area contributed by atoms with Gasteiger partial charge in [-0.15, -0.1) is 0 Å². The molecule has 0 heterocycles. The Balaban J connectivity index is 1.73. The zero-order valence-electron chi connectivity index (χ0n) is 29.3. The number of rotatable bonds is 6. The van der Waals surface area contributed by atoms with Gasteiger partial charge in [0.05, 0.1) is 29.5 Å². The van der Waals surface area contributed by atoms with Crippen LogP contribution in [0.2, 0.25) is 0 Å². The second-order valence-corrected chi connectivity index (χ2v) is 12.6. The molecule has 2 aliphatic rings. The van der Waals surface area contributed by atoms with Crippen molar-refractivity contribution in [2.45, 2.75) is 27.7 Å². The highest BCUT2D eigenvalue weighted by Gasteiger charge is 2.44. The molecule has 0 spiro atoms. The predicted octanol–water partition coefficient (Wildman–Crippen LogP) is 8.35. The van der Waals surface area contributed by atoms with Crippen molar-refractivity contribution < 1.29 is 30.1 Å². The van der Waals surface area contributed by atoms with Crippen molar-refractivity contribution in [2.24, 2.45) is 0 Å². The number of aliphatic hydroxyl groups excluding tert-OH is 1. The van der Waals surface area contributed by atoms with E-state index in [0.717, 1.165) is 11.4 Å². The summed E-state index contributed by atoms with van der Waals surface area (Å²) < 4.78 is 2.12. The summed E-state index contributed by atoms with van der Waals surface area (Å²) in [5, 5.41) is 71.3. The molecule has 5 aromatic rings. The summed E-state index contributed by atoms with van der Waals surface area (Å²) in [4.78, 5) is 5.73. The minimum Gasteiger partial charge on any atom is -0.507 e. The molecule has 0 aliphatic heterocycles. The summed E-state index contributed by atoms with van der Waals surface area (Å²) in [5.41, 5.74) is 3.95. The number of phenolic OH excluding ortho intramolecular Hbond substituents is 4. The van der Waals surface area contributed by atoms with E-state index in [1.165, 1.54) is 24.3 Å². The summed E-state index contributed by atoms with van der Waals surface area (Å²) in [6, 6.07) is 22.5. The molecule has 5 aromatic carbocycles. The van der Waals surface area contributed by atoms with Gasteiger partial charge < -0.3 is 30.4 Å². The van der Waals surface area contributed by atoms with Gasteiger partial charge >= 0.3 is 0 Å². The van der Waals surface area contributed by atoms with E-state index >= 15 is 0 Å². The Morgan fingerprint density at radius 2 is 1.15 bits per heavy atom. The van der Waals surface area contributed by atoms with Gasteiger partial charge in [0.1, 0.15) is 41.8 Å². The first-order valence-electron chi connectivity index (χ1n) is 17.3. The van der Waals surface area contributed by atoms with Crippen molar-refractivity contribution in [1.82, 2.24) is 0 Å². The average Bonchev–Trinajstić information content (AvgIpc) is 3.14. The Bertz CT molecular complexity index is 2450. The van der Waals surface area contributed by atoms with Crippen LogP contribution in [-0.4, -0.2) is 62.0 Å². The highest BCUT2D eigenvalue weighted by molar-refractivity contribution is 6.27. The number of aliphatic hydroxyl groups is 1. The molecule has 258 valence electrons. The Hall–Kier alpha value is -6.71. The number of allylic oxidation sites excluding steroid dienone is 3. The molecule has 0 unspecified atom stereocenters. The third-order valence-electron chi connectivity index (χ3n) is 10.3. The Labute approximate surface area is 301 Å². The number of hydrogen-bond donors (Lipinski definition) is 5. The van der Waals surface area contributed by atoms with Gasteiger partial charge in [0.15, 0.2) is 0 Å². The number of hydrogen-bond acceptors (Lipinski definition) is 7. The fraction of sp³-hybridized carbons (Fsp3) is 0.186. The summed E-state index contributed by atoms with van der Waals surface area (Å²) in [7, 11) is 0. The second kappa shape index (κ2) is 12.9. The van der Waals surface area contributed by atoms with Crippen molar-refractivity contribution in [2.75, 3.05) is 31.1 Å². The number of nitrogens with zero attached hydrogens (tertiary/aromatic N) is 4. The van der Waals surface area contributed by atoms with Gasteiger partial charge in [-0.2, -0.15) is 0 Å². The van der Waals surface area contributed by atoms with Crippen LogP contribution >= 0.6 is 0 Å². The topological polar surface area (TPSA) is 136 Å². The van der Waals surface area contributed by atoms with E-state index in [9.17, 15) is 30.8 Å². The lowest BCUT2D eigenvalue weighted by molar-refractivity contribution is -0.519. The quantitative estimate of drug-likeness (QED) is 0.0513. The summed E-state index contributed by atoms with van der Waals surface area (Å²) in [5.74, 6) is -0.781. The van der Waals surface area contributed by atoms with Crippen LogP contribution in [0.1, 0.15) is 55.5 Å². The van der Waals surface area contributed by atoms with Crippen LogP contribution in [0.25, 0.3) is 37.5 Å². The second-order valence-electron chi connectivity index (χ2n) is 12.6. The fourth-order valence-electron chi connectivity index (χ4n) is 8.09. The number of fused-ring (bicyclic) bond motifs is 4. The smallest absolute Gasteiger partial charge is 0.270 e. The van der Waals surface area contributed by atoms with E-state index in [1.807, 2.05) is 58.0 Å². The van der Waals surface area contributed by atoms with Crippen LogP contribution in [0.5, 0.6) is 23.0 Å². The van der Waals surface area contributed by atoms with Crippen molar-refractivity contribution in [3.05, 3.63) is 135 Å². The number of benzene rings is 5. The summed E-state index contributed by atoms with van der Waals surface area (Å²) in [6.07, 6.45) is 0. The molecule has 0 radical (unpaired) electrons. The number of nitriles is 1. The fourth-order valence-corrected chi connectivity index (χ4v) is 8.09. The van der Waals surface area contributed by atoms with Crippen LogP contribution in [0.15, 0.2) is 95.4 Å². The molecule has 0 saturated heterocycles. The lowest BCUT2D eigenvalue weighted by Gasteiger charge is -2.35. The SMILES string of the molecule is [C-]#[N+]C(C#N)=C1C(=C2c3c(O)cccc3C(=[N+](CC)CC)c3cccc(O)c32)C(O)=C1c1c2c(O)cccc2c(N(CC)CC)c2cccc(O)c12. The molecular formula is C43H37N4O5+. The van der Waals surface area contributed by atoms with E-state index in [4.69, 9.17) is 6.57 Å². The normalized spacial score (nSPS) is 14.5. The van der Waals surface area contributed by atoms with E-state index in [0.29, 0.717) is 70.0 Å². The molecule has 2 aliphatic carbocycles. The standard InChI is InChI=1S/C43H36N4O5/c1-6-46(7-2)41-23-14-10-18-28(48)32(23)37(33-24(41)15-11-19-29(33)49)39-36(27(22-44)45-5)40(43(39)52)38-34-25(16-12-20-30(34)50)42(47(8-3)9-4)26-17-13-21-31(51)35(26)38/h10-21H,6-9H2,1-4H3,(H4-,48,49,50,51,52)/p+1. The van der Waals surface area contributed by atoms with Gasteiger partial charge in [-0.05, 0) is 64.1 Å². The molecule has 0 amide bonds. The molecule has 0 aromatic heterocycles. The monoisotopic (exact) mass is 689 g/mol. The van der Waals surface area contributed by atoms with Crippen molar-refractivity contribution in [3.63, 3.8) is 0 Å². The van der Waals surface area contributed by atoms with E-state index in [1.54, 1.807) is 24.3 Å². The molecule has 0 bridgehead atoms. The Morgan fingerprint density at radius 3 is 1.60 bits per heavy atom. The molecule has 7 rings (SSSR count). The van der Waals surface area contributed by atoms with Crippen molar-refractivity contribution in [3.8, 4) is 29.1 Å². The summed E-state index contributed by atoms with van der Waals surface area (Å²) >= 11 is 0. The van der Waals surface area contributed by atoms with Gasteiger partial charge in [0, 0.05) is 73.6 Å². The number of phenols is 4. The molecule has 0 fully saturated rings. The number of anilines is 1. The van der Waals surface area contributed by atoms with Crippen LogP contribution < -0.4 is 4.90 Å². The molecule has 52 heavy (non-hydrogen) atoms. The Morgan fingerprint density at radius 1 is 0.673 bits per heavy atom. The van der Waals surface area contributed by atoms with E-state index < -0.39 is 0 Å². The average molecular weight is 690 g/mol. The molecule has 0 atom stereocenters.